The minimum Gasteiger partial charge on any atom is -0.337 e. The van der Waals surface area contributed by atoms with Gasteiger partial charge in [-0.25, -0.2) is 9.78 Å². The largest absolute Gasteiger partial charge is 0.337 e. The number of carbonyl (C=O) groups is 1. The van der Waals surface area contributed by atoms with Crippen LogP contribution in [-0.4, -0.2) is 42.1 Å². The molecular weight excluding hydrogens is 216 g/mol. The second kappa shape index (κ2) is 7.62. The summed E-state index contributed by atoms with van der Waals surface area (Å²) in [6.45, 7) is 7.72. The normalized spacial score (nSPS) is 10.3. The van der Waals surface area contributed by atoms with Gasteiger partial charge in [-0.15, -0.1) is 0 Å². The van der Waals surface area contributed by atoms with Crippen LogP contribution in [0.3, 0.4) is 0 Å². The fourth-order valence-corrected chi connectivity index (χ4v) is 1.46. The van der Waals surface area contributed by atoms with Crippen molar-refractivity contribution in [2.45, 2.75) is 13.8 Å². The first-order valence-electron chi connectivity index (χ1n) is 5.94. The lowest BCUT2D eigenvalue weighted by Gasteiger charge is -2.17. The summed E-state index contributed by atoms with van der Waals surface area (Å²) < 4.78 is 0. The van der Waals surface area contributed by atoms with Gasteiger partial charge in [0.05, 0.1) is 0 Å². The molecule has 1 rings (SSSR count). The summed E-state index contributed by atoms with van der Waals surface area (Å²) >= 11 is 0. The molecule has 0 spiro atoms. The van der Waals surface area contributed by atoms with E-state index in [0.29, 0.717) is 12.4 Å². The van der Waals surface area contributed by atoms with Crippen molar-refractivity contribution < 1.29 is 4.79 Å². The Bertz CT molecular complexity index is 325. The number of hydrogen-bond donors (Lipinski definition) is 2. The zero-order chi connectivity index (χ0) is 12.5. The molecule has 0 aliphatic carbocycles. The summed E-state index contributed by atoms with van der Waals surface area (Å²) in [6.07, 6.45) is 1.64. The van der Waals surface area contributed by atoms with Crippen LogP contribution in [0.25, 0.3) is 0 Å². The highest BCUT2D eigenvalue weighted by Gasteiger charge is 2.02. The molecule has 0 aliphatic heterocycles. The minimum absolute atomic E-state index is 0.212. The molecule has 0 radical (unpaired) electrons. The summed E-state index contributed by atoms with van der Waals surface area (Å²) in [7, 11) is 0. The van der Waals surface area contributed by atoms with E-state index in [0.717, 1.165) is 19.6 Å². The van der Waals surface area contributed by atoms with Gasteiger partial charge in [0.25, 0.3) is 0 Å². The third kappa shape index (κ3) is 5.31. The van der Waals surface area contributed by atoms with Crippen molar-refractivity contribution in [3.63, 3.8) is 0 Å². The van der Waals surface area contributed by atoms with Crippen LogP contribution in [0.2, 0.25) is 0 Å². The summed E-state index contributed by atoms with van der Waals surface area (Å²) in [6, 6.07) is 5.18. The van der Waals surface area contributed by atoms with Crippen LogP contribution in [0.4, 0.5) is 10.6 Å². The number of nitrogens with one attached hydrogen (secondary N) is 2. The summed E-state index contributed by atoms with van der Waals surface area (Å²) in [5.74, 6) is 0.563. The predicted molar refractivity (Wildman–Crippen MR) is 69.0 cm³/mol. The molecule has 0 unspecified atom stereocenters. The second-order valence-electron chi connectivity index (χ2n) is 3.62. The van der Waals surface area contributed by atoms with Gasteiger partial charge in [0.15, 0.2) is 0 Å². The third-order valence-electron chi connectivity index (χ3n) is 2.51. The molecule has 0 saturated heterocycles. The number of nitrogens with zero attached hydrogens (tertiary/aromatic N) is 2. The number of aromatic nitrogens is 1. The Morgan fingerprint density at radius 2 is 2.12 bits per heavy atom. The highest BCUT2D eigenvalue weighted by molar-refractivity contribution is 5.88. The lowest BCUT2D eigenvalue weighted by atomic mass is 10.4. The molecular formula is C12H20N4O. The SMILES string of the molecule is CCN(CC)CCNC(=O)Nc1ccccn1. The van der Waals surface area contributed by atoms with Crippen molar-refractivity contribution in [2.75, 3.05) is 31.5 Å². The molecule has 2 N–H and O–H groups in total. The number of anilines is 1. The molecule has 5 heteroatoms. The number of hydrogen-bond acceptors (Lipinski definition) is 3. The first-order valence-corrected chi connectivity index (χ1v) is 5.94. The number of urea groups is 1. The van der Waals surface area contributed by atoms with Gasteiger partial charge >= 0.3 is 6.03 Å². The predicted octanol–water partition coefficient (Wildman–Crippen LogP) is 1.54. The fourth-order valence-electron chi connectivity index (χ4n) is 1.46. The quantitative estimate of drug-likeness (QED) is 0.787. The Balaban J connectivity index is 2.22. The molecule has 94 valence electrons. The lowest BCUT2D eigenvalue weighted by molar-refractivity contribution is 0.247. The molecule has 0 atom stereocenters. The van der Waals surface area contributed by atoms with Gasteiger partial charge < -0.3 is 10.2 Å². The third-order valence-corrected chi connectivity index (χ3v) is 2.51. The Morgan fingerprint density at radius 3 is 2.71 bits per heavy atom. The van der Waals surface area contributed by atoms with Crippen LogP contribution in [0.15, 0.2) is 24.4 Å². The maximum absolute atomic E-state index is 11.5. The van der Waals surface area contributed by atoms with Crippen LogP contribution < -0.4 is 10.6 Å². The van der Waals surface area contributed by atoms with Crippen LogP contribution in [-0.2, 0) is 0 Å². The molecule has 0 bridgehead atoms. The Morgan fingerprint density at radius 1 is 1.35 bits per heavy atom. The van der Waals surface area contributed by atoms with E-state index in [1.165, 1.54) is 0 Å². The Hall–Kier alpha value is -1.62. The average Bonchev–Trinajstić information content (AvgIpc) is 2.36. The van der Waals surface area contributed by atoms with Gasteiger partial charge in [0.2, 0.25) is 0 Å². The van der Waals surface area contributed by atoms with Crippen molar-refractivity contribution in [1.29, 1.82) is 0 Å². The first-order chi connectivity index (χ1) is 8.26. The molecule has 0 fully saturated rings. The molecule has 1 heterocycles. The zero-order valence-corrected chi connectivity index (χ0v) is 10.4. The minimum atomic E-state index is -0.212. The van der Waals surface area contributed by atoms with Gasteiger partial charge in [-0.05, 0) is 25.2 Å². The topological polar surface area (TPSA) is 57.3 Å². The molecule has 2 amide bonds. The highest BCUT2D eigenvalue weighted by atomic mass is 16.2. The highest BCUT2D eigenvalue weighted by Crippen LogP contribution is 1.98. The first kappa shape index (κ1) is 13.4. The number of pyridine rings is 1. The van der Waals surface area contributed by atoms with E-state index in [4.69, 9.17) is 0 Å². The average molecular weight is 236 g/mol. The smallest absolute Gasteiger partial charge is 0.320 e. The molecule has 0 saturated carbocycles. The lowest BCUT2D eigenvalue weighted by Crippen LogP contribution is -2.37. The van der Waals surface area contributed by atoms with E-state index >= 15 is 0 Å². The van der Waals surface area contributed by atoms with Crippen molar-refractivity contribution in [3.8, 4) is 0 Å². The van der Waals surface area contributed by atoms with Gasteiger partial charge in [0.1, 0.15) is 5.82 Å². The van der Waals surface area contributed by atoms with Gasteiger partial charge in [-0.2, -0.15) is 0 Å². The molecule has 17 heavy (non-hydrogen) atoms. The zero-order valence-electron chi connectivity index (χ0n) is 10.4. The molecule has 0 aromatic carbocycles. The van der Waals surface area contributed by atoms with Crippen molar-refractivity contribution in [1.82, 2.24) is 15.2 Å². The summed E-state index contributed by atoms with van der Waals surface area (Å²) in [4.78, 5) is 17.8. The van der Waals surface area contributed by atoms with E-state index in [-0.39, 0.29) is 6.03 Å². The molecule has 0 aliphatic rings. The van der Waals surface area contributed by atoms with Gasteiger partial charge in [0, 0.05) is 19.3 Å². The molecule has 1 aromatic rings. The second-order valence-corrected chi connectivity index (χ2v) is 3.62. The van der Waals surface area contributed by atoms with E-state index < -0.39 is 0 Å². The Labute approximate surface area is 102 Å². The van der Waals surface area contributed by atoms with Crippen LogP contribution in [0.1, 0.15) is 13.8 Å². The van der Waals surface area contributed by atoms with E-state index in [1.54, 1.807) is 12.3 Å². The van der Waals surface area contributed by atoms with E-state index in [9.17, 15) is 4.79 Å². The van der Waals surface area contributed by atoms with E-state index in [1.807, 2.05) is 12.1 Å². The molecule has 1 aromatic heterocycles. The number of likely N-dealkylation sites (N-methyl/N-ethyl adjacent to an activating group) is 1. The number of rotatable bonds is 6. The Kier molecular flexibility index (Phi) is 6.03. The number of carbonyl (C=O) groups excluding carboxylic acids is 1. The van der Waals surface area contributed by atoms with Crippen LogP contribution >= 0.6 is 0 Å². The summed E-state index contributed by atoms with van der Waals surface area (Å²) in [5, 5.41) is 5.47. The monoisotopic (exact) mass is 236 g/mol. The summed E-state index contributed by atoms with van der Waals surface area (Å²) in [5.41, 5.74) is 0. The fraction of sp³-hybridized carbons (Fsp3) is 0.500. The maximum Gasteiger partial charge on any atom is 0.320 e. The maximum atomic E-state index is 11.5. The number of amides is 2. The molecule has 5 nitrogen and oxygen atoms in total. The van der Waals surface area contributed by atoms with Crippen molar-refractivity contribution >= 4 is 11.8 Å². The van der Waals surface area contributed by atoms with Gasteiger partial charge in [-0.3, -0.25) is 5.32 Å². The standard InChI is InChI=1S/C12H20N4O/c1-3-16(4-2)10-9-14-12(17)15-11-7-5-6-8-13-11/h5-8H,3-4,9-10H2,1-2H3,(H2,13,14,15,17). The van der Waals surface area contributed by atoms with Crippen LogP contribution in [0.5, 0.6) is 0 Å². The van der Waals surface area contributed by atoms with Crippen molar-refractivity contribution in [2.24, 2.45) is 0 Å². The van der Waals surface area contributed by atoms with Gasteiger partial charge in [-0.1, -0.05) is 19.9 Å². The van der Waals surface area contributed by atoms with E-state index in [2.05, 4.69) is 34.4 Å². The van der Waals surface area contributed by atoms with Crippen LogP contribution in [0, 0.1) is 0 Å². The van der Waals surface area contributed by atoms with Crippen molar-refractivity contribution in [3.05, 3.63) is 24.4 Å².